The lowest BCUT2D eigenvalue weighted by atomic mass is 9.95. The van der Waals surface area contributed by atoms with E-state index in [9.17, 15) is 46.1 Å². The number of carboxylic acid groups (broad SMARTS) is 2. The van der Waals surface area contributed by atoms with Gasteiger partial charge >= 0.3 is 11.9 Å². The van der Waals surface area contributed by atoms with Crippen molar-refractivity contribution in [2.24, 2.45) is 5.92 Å². The molecular formula is C19H24F5O6P. The van der Waals surface area contributed by atoms with E-state index >= 15 is 0 Å². The van der Waals surface area contributed by atoms with Crippen molar-refractivity contribution >= 4 is 19.3 Å². The van der Waals surface area contributed by atoms with E-state index in [-0.39, 0.29) is 12.8 Å². The quantitative estimate of drug-likeness (QED) is 0.121. The summed E-state index contributed by atoms with van der Waals surface area (Å²) < 4.78 is 81.2. The van der Waals surface area contributed by atoms with Crippen LogP contribution in [0.1, 0.15) is 57.4 Å². The predicted octanol–water partition coefficient (Wildman–Crippen LogP) is 5.06. The van der Waals surface area contributed by atoms with Crippen molar-refractivity contribution in [1.29, 1.82) is 0 Å². The lowest BCUT2D eigenvalue weighted by Gasteiger charge is -2.28. The van der Waals surface area contributed by atoms with Crippen LogP contribution in [-0.2, 0) is 20.3 Å². The minimum Gasteiger partial charge on any atom is -0.481 e. The Labute approximate surface area is 175 Å². The molecule has 176 valence electrons. The molecule has 1 aromatic carbocycles. The Morgan fingerprint density at radius 3 is 1.84 bits per heavy atom. The minimum absolute atomic E-state index is 0.195. The molecule has 0 aliphatic carbocycles. The summed E-state index contributed by atoms with van der Waals surface area (Å²) in [7, 11) is -4.86. The number of halogens is 5. The van der Waals surface area contributed by atoms with Crippen LogP contribution in [0.25, 0.3) is 0 Å². The highest BCUT2D eigenvalue weighted by Gasteiger charge is 2.42. The fourth-order valence-electron chi connectivity index (χ4n) is 3.36. The maximum atomic E-state index is 14.0. The van der Waals surface area contributed by atoms with Gasteiger partial charge in [0, 0.05) is 17.6 Å². The molecule has 0 aliphatic heterocycles. The lowest BCUT2D eigenvalue weighted by molar-refractivity contribution is -0.143. The number of carboxylic acids is 2. The van der Waals surface area contributed by atoms with Crippen LogP contribution < -0.4 is 0 Å². The van der Waals surface area contributed by atoms with Crippen LogP contribution in [0.3, 0.4) is 0 Å². The van der Waals surface area contributed by atoms with Crippen molar-refractivity contribution in [2.75, 3.05) is 0 Å². The van der Waals surface area contributed by atoms with Crippen molar-refractivity contribution < 1.29 is 51.2 Å². The zero-order chi connectivity index (χ0) is 23.9. The van der Waals surface area contributed by atoms with Gasteiger partial charge in [-0.15, -0.1) is 0 Å². The molecule has 1 aromatic rings. The fourth-order valence-corrected chi connectivity index (χ4v) is 5.75. The van der Waals surface area contributed by atoms with E-state index in [0.717, 1.165) is 6.42 Å². The molecule has 0 radical (unpaired) electrons. The zero-order valence-corrected chi connectivity index (χ0v) is 17.6. The molecule has 3 N–H and O–H groups in total. The molecule has 0 spiro atoms. The Bertz CT molecular complexity index is 834. The molecule has 0 fully saturated rings. The summed E-state index contributed by atoms with van der Waals surface area (Å²) in [4.78, 5) is 33.1. The second kappa shape index (κ2) is 11.6. The van der Waals surface area contributed by atoms with E-state index in [0.29, 0.717) is 12.8 Å². The molecule has 0 saturated carbocycles. The molecule has 0 aliphatic rings. The highest BCUT2D eigenvalue weighted by molar-refractivity contribution is 7.58. The van der Waals surface area contributed by atoms with E-state index in [2.05, 4.69) is 0 Å². The molecule has 3 unspecified atom stereocenters. The van der Waals surface area contributed by atoms with E-state index in [1.165, 1.54) is 0 Å². The summed E-state index contributed by atoms with van der Waals surface area (Å²) in [5.41, 5.74) is -3.14. The van der Waals surface area contributed by atoms with Crippen LogP contribution in [0.2, 0.25) is 0 Å². The summed E-state index contributed by atoms with van der Waals surface area (Å²) in [5.74, 6) is -16.1. The SMILES string of the molecule is CCCCCCC(C(CCC(=O)O)C(=O)O)P(=O)(O)Cc1c(F)c(F)c(F)c(F)c1F. The van der Waals surface area contributed by atoms with E-state index in [4.69, 9.17) is 5.11 Å². The summed E-state index contributed by atoms with van der Waals surface area (Å²) in [6.45, 7) is 1.88. The lowest BCUT2D eigenvalue weighted by Crippen LogP contribution is -2.30. The first-order chi connectivity index (χ1) is 14.3. The smallest absolute Gasteiger partial charge is 0.307 e. The minimum atomic E-state index is -4.86. The molecule has 31 heavy (non-hydrogen) atoms. The van der Waals surface area contributed by atoms with Gasteiger partial charge in [-0.05, 0) is 12.8 Å². The molecule has 6 nitrogen and oxygen atoms in total. The van der Waals surface area contributed by atoms with Crippen molar-refractivity contribution in [3.8, 4) is 0 Å². The van der Waals surface area contributed by atoms with Crippen molar-refractivity contribution in [3.63, 3.8) is 0 Å². The first-order valence-corrected chi connectivity index (χ1v) is 11.5. The largest absolute Gasteiger partial charge is 0.481 e. The molecule has 0 bridgehead atoms. The number of rotatable bonds is 13. The van der Waals surface area contributed by atoms with Crippen LogP contribution in [0.5, 0.6) is 0 Å². The third-order valence-corrected chi connectivity index (χ3v) is 7.43. The molecule has 0 amide bonds. The number of hydrogen-bond acceptors (Lipinski definition) is 3. The van der Waals surface area contributed by atoms with Gasteiger partial charge in [-0.25, -0.2) is 22.0 Å². The Morgan fingerprint density at radius 1 is 0.871 bits per heavy atom. The third kappa shape index (κ3) is 7.00. The average molecular weight is 474 g/mol. The second-order valence-corrected chi connectivity index (χ2v) is 9.75. The van der Waals surface area contributed by atoms with Gasteiger partial charge in [0.05, 0.1) is 12.1 Å². The van der Waals surface area contributed by atoms with Crippen LogP contribution in [0, 0.1) is 35.0 Å². The van der Waals surface area contributed by atoms with E-state index < -0.39 is 84.5 Å². The van der Waals surface area contributed by atoms with Crippen LogP contribution >= 0.6 is 7.37 Å². The van der Waals surface area contributed by atoms with Crippen molar-refractivity contribution in [2.45, 2.75) is 63.7 Å². The normalized spacial score (nSPS) is 15.3. The van der Waals surface area contributed by atoms with Crippen LogP contribution in [0.4, 0.5) is 22.0 Å². The molecule has 3 atom stereocenters. The van der Waals surface area contributed by atoms with E-state index in [1.807, 2.05) is 6.92 Å². The van der Waals surface area contributed by atoms with Crippen molar-refractivity contribution in [3.05, 3.63) is 34.6 Å². The topological polar surface area (TPSA) is 112 Å². The number of hydrogen-bond donors (Lipinski definition) is 3. The van der Waals surface area contributed by atoms with Gasteiger partial charge in [0.25, 0.3) is 0 Å². The van der Waals surface area contributed by atoms with Gasteiger partial charge in [-0.1, -0.05) is 32.6 Å². The number of benzene rings is 1. The average Bonchev–Trinajstić information content (AvgIpc) is 2.69. The first-order valence-electron chi connectivity index (χ1n) is 9.61. The standard InChI is InChI=1S/C19H24F5O6P/c1-2-3-4-5-6-12(10(19(27)28)7-8-13(25)26)31(29,30)9-11-14(20)16(22)18(24)17(23)15(11)21/h10,12H,2-9H2,1H3,(H,25,26)(H,27,28)(H,29,30). The summed E-state index contributed by atoms with van der Waals surface area (Å²) in [6.07, 6.45) is -0.554. The molecule has 0 heterocycles. The van der Waals surface area contributed by atoms with Crippen LogP contribution in [-0.4, -0.2) is 32.7 Å². The predicted molar refractivity (Wildman–Crippen MR) is 100 cm³/mol. The molecular weight excluding hydrogens is 450 g/mol. The maximum absolute atomic E-state index is 14.0. The summed E-state index contributed by atoms with van der Waals surface area (Å²) in [5, 5.41) is 18.3. The molecule has 0 saturated heterocycles. The van der Waals surface area contributed by atoms with Gasteiger partial charge in [0.2, 0.25) is 13.2 Å². The van der Waals surface area contributed by atoms with Gasteiger partial charge in [0.15, 0.2) is 23.3 Å². The van der Waals surface area contributed by atoms with E-state index in [1.54, 1.807) is 0 Å². The summed E-state index contributed by atoms with van der Waals surface area (Å²) >= 11 is 0. The number of unbranched alkanes of at least 4 members (excludes halogenated alkanes) is 3. The van der Waals surface area contributed by atoms with Gasteiger partial charge in [0.1, 0.15) is 0 Å². The Morgan fingerprint density at radius 2 is 1.39 bits per heavy atom. The van der Waals surface area contributed by atoms with Gasteiger partial charge in [-0.3, -0.25) is 14.2 Å². The summed E-state index contributed by atoms with van der Waals surface area (Å²) in [6, 6.07) is 0. The zero-order valence-electron chi connectivity index (χ0n) is 16.7. The third-order valence-electron chi connectivity index (χ3n) is 5.01. The molecule has 12 heteroatoms. The Hall–Kier alpha value is -2.00. The van der Waals surface area contributed by atoms with Gasteiger partial charge in [-0.2, -0.15) is 0 Å². The van der Waals surface area contributed by atoms with Crippen LogP contribution in [0.15, 0.2) is 0 Å². The maximum Gasteiger partial charge on any atom is 0.307 e. The second-order valence-electron chi connectivity index (χ2n) is 7.26. The first kappa shape index (κ1) is 27.0. The fraction of sp³-hybridized carbons (Fsp3) is 0.579. The molecule has 1 rings (SSSR count). The Balaban J connectivity index is 3.36. The highest BCUT2D eigenvalue weighted by atomic mass is 31.2. The number of aliphatic carboxylic acids is 2. The Kier molecular flexibility index (Phi) is 10.1. The highest BCUT2D eigenvalue weighted by Crippen LogP contribution is 2.55. The van der Waals surface area contributed by atoms with Gasteiger partial charge < -0.3 is 15.1 Å². The number of carbonyl (C=O) groups is 2. The monoisotopic (exact) mass is 474 g/mol. The van der Waals surface area contributed by atoms with Crippen molar-refractivity contribution in [1.82, 2.24) is 0 Å². The molecule has 0 aromatic heterocycles.